The summed E-state index contributed by atoms with van der Waals surface area (Å²) < 4.78 is 5.44. The second-order valence-electron chi connectivity index (χ2n) is 5.53. The maximum atomic E-state index is 10.1. The molecule has 23 heavy (non-hydrogen) atoms. The van der Waals surface area contributed by atoms with Crippen molar-refractivity contribution in [1.29, 1.82) is 0 Å². The molecule has 1 rings (SSSR count). The van der Waals surface area contributed by atoms with Crippen molar-refractivity contribution < 1.29 is 29.4 Å². The fourth-order valence-electron chi connectivity index (χ4n) is 2.19. The maximum Gasteiger partial charge on any atom is 0.303 e. The summed E-state index contributed by atoms with van der Waals surface area (Å²) in [7, 11) is 1.71. The number of nitrogens with zero attached hydrogens (tertiary/aromatic N) is 1. The van der Waals surface area contributed by atoms with Crippen LogP contribution in [0.15, 0.2) is 0 Å². The highest BCUT2D eigenvalue weighted by Gasteiger charge is 2.17. The van der Waals surface area contributed by atoms with Gasteiger partial charge in [0, 0.05) is 19.4 Å². The Labute approximate surface area is 138 Å². The zero-order valence-corrected chi connectivity index (χ0v) is 14.3. The van der Waals surface area contributed by atoms with E-state index in [4.69, 9.17) is 19.8 Å². The Kier molecular flexibility index (Phi) is 13.7. The molecule has 0 amide bonds. The van der Waals surface area contributed by atoms with Crippen LogP contribution in [0.25, 0.3) is 0 Å². The number of unbranched alkanes of at least 4 members (excludes halogenated alkanes) is 4. The predicted octanol–water partition coefficient (Wildman–Crippen LogP) is 2.54. The number of ether oxygens (including phenoxy) is 1. The first-order valence-corrected chi connectivity index (χ1v) is 8.33. The van der Waals surface area contributed by atoms with E-state index in [-0.39, 0.29) is 12.8 Å². The summed E-state index contributed by atoms with van der Waals surface area (Å²) in [5, 5.41) is 18.6. The molecule has 0 radical (unpaired) electrons. The first kappa shape index (κ1) is 21.8. The molecule has 1 fully saturated rings. The number of rotatable bonds is 10. The van der Waals surface area contributed by atoms with Gasteiger partial charge >= 0.3 is 11.9 Å². The molecule has 0 saturated carbocycles. The van der Waals surface area contributed by atoms with Gasteiger partial charge in [-0.05, 0) is 19.3 Å². The van der Waals surface area contributed by atoms with Crippen molar-refractivity contribution >= 4 is 11.9 Å². The third kappa shape index (κ3) is 14.2. The zero-order valence-electron chi connectivity index (χ0n) is 14.3. The van der Waals surface area contributed by atoms with Crippen LogP contribution >= 0.6 is 0 Å². The van der Waals surface area contributed by atoms with Crippen LogP contribution in [0, 0.1) is 0 Å². The normalized spacial score (nSPS) is 18.1. The number of carbonyl (C=O) groups is 2. The molecule has 7 nitrogen and oxygen atoms in total. The molecule has 1 aliphatic heterocycles. The SMILES string of the molecule is CCC1CN(OC)CCO1.O=C(O)CCCCCCCC(=O)O. The number of carboxylic acid groups (broad SMARTS) is 2. The highest BCUT2D eigenvalue weighted by molar-refractivity contribution is 5.66. The van der Waals surface area contributed by atoms with Crippen LogP contribution in [0.2, 0.25) is 0 Å². The van der Waals surface area contributed by atoms with E-state index in [0.29, 0.717) is 18.9 Å². The molecule has 0 aromatic heterocycles. The van der Waals surface area contributed by atoms with Gasteiger partial charge in [-0.25, -0.2) is 0 Å². The summed E-state index contributed by atoms with van der Waals surface area (Å²) in [5.41, 5.74) is 0. The molecule has 1 aliphatic rings. The molecule has 1 unspecified atom stereocenters. The van der Waals surface area contributed by atoms with E-state index in [9.17, 15) is 9.59 Å². The Morgan fingerprint density at radius 3 is 2.04 bits per heavy atom. The van der Waals surface area contributed by atoms with Gasteiger partial charge in [0.1, 0.15) is 0 Å². The number of hydrogen-bond donors (Lipinski definition) is 2. The van der Waals surface area contributed by atoms with Crippen molar-refractivity contribution in [2.24, 2.45) is 0 Å². The number of aliphatic carboxylic acids is 2. The molecule has 1 atom stereocenters. The van der Waals surface area contributed by atoms with Crippen LogP contribution in [0.3, 0.4) is 0 Å². The lowest BCUT2D eigenvalue weighted by atomic mass is 10.1. The van der Waals surface area contributed by atoms with Gasteiger partial charge in [0.05, 0.1) is 26.4 Å². The van der Waals surface area contributed by atoms with E-state index >= 15 is 0 Å². The summed E-state index contributed by atoms with van der Waals surface area (Å²) in [5.74, 6) is -1.52. The first-order valence-electron chi connectivity index (χ1n) is 8.33. The molecule has 1 saturated heterocycles. The summed E-state index contributed by atoms with van der Waals surface area (Å²) in [6.07, 6.45) is 5.97. The maximum absolute atomic E-state index is 10.1. The monoisotopic (exact) mass is 333 g/mol. The smallest absolute Gasteiger partial charge is 0.303 e. The molecule has 0 bridgehead atoms. The van der Waals surface area contributed by atoms with Crippen molar-refractivity contribution in [2.75, 3.05) is 26.8 Å². The fourth-order valence-corrected chi connectivity index (χ4v) is 2.19. The van der Waals surface area contributed by atoms with E-state index in [1.807, 2.05) is 5.06 Å². The first-order chi connectivity index (χ1) is 11.0. The van der Waals surface area contributed by atoms with Gasteiger partial charge in [-0.2, -0.15) is 5.06 Å². The highest BCUT2D eigenvalue weighted by Crippen LogP contribution is 2.07. The molecule has 0 aromatic rings. The fraction of sp³-hybridized carbons (Fsp3) is 0.875. The van der Waals surface area contributed by atoms with Gasteiger partial charge in [0.25, 0.3) is 0 Å². The minimum atomic E-state index is -0.759. The predicted molar refractivity (Wildman–Crippen MR) is 86.2 cm³/mol. The second kappa shape index (κ2) is 14.4. The van der Waals surface area contributed by atoms with Crippen LogP contribution in [-0.4, -0.2) is 60.1 Å². The van der Waals surface area contributed by atoms with Gasteiger partial charge in [0.15, 0.2) is 0 Å². The molecule has 0 spiro atoms. The largest absolute Gasteiger partial charge is 0.481 e. The van der Waals surface area contributed by atoms with Gasteiger partial charge in [-0.3, -0.25) is 9.59 Å². The molecule has 1 heterocycles. The molecule has 0 aliphatic carbocycles. The lowest BCUT2D eigenvalue weighted by molar-refractivity contribution is -0.193. The van der Waals surface area contributed by atoms with Crippen LogP contribution in [0.4, 0.5) is 0 Å². The van der Waals surface area contributed by atoms with Gasteiger partial charge in [0.2, 0.25) is 0 Å². The summed E-state index contributed by atoms with van der Waals surface area (Å²) >= 11 is 0. The number of hydroxylamine groups is 2. The van der Waals surface area contributed by atoms with Crippen molar-refractivity contribution in [2.45, 2.75) is 64.4 Å². The Bertz CT molecular complexity index is 296. The van der Waals surface area contributed by atoms with E-state index in [1.165, 1.54) is 0 Å². The van der Waals surface area contributed by atoms with Crippen LogP contribution in [-0.2, 0) is 19.2 Å². The van der Waals surface area contributed by atoms with Crippen molar-refractivity contribution in [3.63, 3.8) is 0 Å². The highest BCUT2D eigenvalue weighted by atomic mass is 16.7. The summed E-state index contributed by atoms with van der Waals surface area (Å²) in [6, 6.07) is 0. The zero-order chi connectivity index (χ0) is 17.5. The van der Waals surface area contributed by atoms with Crippen molar-refractivity contribution in [3.05, 3.63) is 0 Å². The minimum Gasteiger partial charge on any atom is -0.481 e. The van der Waals surface area contributed by atoms with E-state index in [2.05, 4.69) is 6.92 Å². The summed E-state index contributed by atoms with van der Waals surface area (Å²) in [6.45, 7) is 4.73. The van der Waals surface area contributed by atoms with Gasteiger partial charge in [-0.1, -0.05) is 26.2 Å². The lowest BCUT2D eigenvalue weighted by Gasteiger charge is -2.30. The van der Waals surface area contributed by atoms with Crippen molar-refractivity contribution in [1.82, 2.24) is 5.06 Å². The quantitative estimate of drug-likeness (QED) is 0.593. The van der Waals surface area contributed by atoms with Crippen LogP contribution in [0.5, 0.6) is 0 Å². The average molecular weight is 333 g/mol. The molecular weight excluding hydrogens is 302 g/mol. The Balaban J connectivity index is 0.000000433. The van der Waals surface area contributed by atoms with Gasteiger partial charge < -0.3 is 19.8 Å². The van der Waals surface area contributed by atoms with Crippen molar-refractivity contribution in [3.8, 4) is 0 Å². The Morgan fingerprint density at radius 1 is 1.09 bits per heavy atom. The topological polar surface area (TPSA) is 96.3 Å². The number of hydrogen-bond acceptors (Lipinski definition) is 5. The molecule has 2 N–H and O–H groups in total. The standard InChI is InChI=1S/C9H16O4.C7H15NO2/c10-8(11)6-4-2-1-3-5-7-9(12)13;1-3-7-6-8(9-2)4-5-10-7/h1-7H2,(H,10,11)(H,12,13);7H,3-6H2,1-2H3. The summed E-state index contributed by atoms with van der Waals surface area (Å²) in [4.78, 5) is 25.3. The second-order valence-corrected chi connectivity index (χ2v) is 5.53. The average Bonchev–Trinajstić information content (AvgIpc) is 2.54. The van der Waals surface area contributed by atoms with E-state index < -0.39 is 11.9 Å². The minimum absolute atomic E-state index is 0.221. The van der Waals surface area contributed by atoms with Crippen LogP contribution in [0.1, 0.15) is 58.3 Å². The third-order valence-corrected chi connectivity index (χ3v) is 3.60. The molecule has 0 aromatic carbocycles. The Morgan fingerprint density at radius 2 is 1.61 bits per heavy atom. The molecule has 7 heteroatoms. The number of morpholine rings is 1. The number of carboxylic acids is 2. The molecular formula is C16H31NO6. The van der Waals surface area contributed by atoms with Gasteiger partial charge in [-0.15, -0.1) is 0 Å². The Hall–Kier alpha value is -1.18. The lowest BCUT2D eigenvalue weighted by Crippen LogP contribution is -2.41. The van der Waals surface area contributed by atoms with E-state index in [0.717, 1.165) is 45.4 Å². The third-order valence-electron chi connectivity index (χ3n) is 3.60. The van der Waals surface area contributed by atoms with E-state index in [1.54, 1.807) is 7.11 Å². The molecule has 136 valence electrons. The van der Waals surface area contributed by atoms with Crippen LogP contribution < -0.4 is 0 Å².